The van der Waals surface area contributed by atoms with Gasteiger partial charge in [-0.3, -0.25) is 4.55 Å². The predicted octanol–water partition coefficient (Wildman–Crippen LogP) is 1.28. The van der Waals surface area contributed by atoms with Gasteiger partial charge in [-0.1, -0.05) is 6.07 Å². The monoisotopic (exact) mass is 347 g/mol. The summed E-state index contributed by atoms with van der Waals surface area (Å²) >= 11 is 0. The molecule has 2 rings (SSSR count). The number of hydrogen-bond acceptors (Lipinski definition) is 6. The van der Waals surface area contributed by atoms with Gasteiger partial charge in [0.05, 0.1) is 25.3 Å². The zero-order valence-corrected chi connectivity index (χ0v) is 15.5. The summed E-state index contributed by atoms with van der Waals surface area (Å²) in [5, 5.41) is 0.446. The molecule has 2 aromatic rings. The summed E-state index contributed by atoms with van der Waals surface area (Å²) in [7, 11) is -2.26. The molecule has 9 heteroatoms. The molecule has 0 saturated carbocycles. The van der Waals surface area contributed by atoms with Crippen molar-refractivity contribution in [2.24, 2.45) is 0 Å². The van der Waals surface area contributed by atoms with E-state index in [2.05, 4.69) is 9.47 Å². The van der Waals surface area contributed by atoms with Crippen molar-refractivity contribution in [3.05, 3.63) is 41.5 Å². The van der Waals surface area contributed by atoms with E-state index >= 15 is 0 Å². The average molecular weight is 347 g/mol. The Balaban J connectivity index is 0.00000264. The Kier molecular flexibility index (Phi) is 6.32. The summed E-state index contributed by atoms with van der Waals surface area (Å²) in [6.45, 7) is 0. The van der Waals surface area contributed by atoms with E-state index in [4.69, 9.17) is 0 Å². The molecule has 0 aliphatic carbocycles. The number of esters is 2. The van der Waals surface area contributed by atoms with Crippen molar-refractivity contribution in [2.75, 3.05) is 14.2 Å². The van der Waals surface area contributed by atoms with E-state index in [1.807, 2.05) is 0 Å². The van der Waals surface area contributed by atoms with Crippen LogP contribution >= 0.6 is 0 Å². The van der Waals surface area contributed by atoms with E-state index in [9.17, 15) is 22.6 Å². The van der Waals surface area contributed by atoms with Gasteiger partial charge in [0.1, 0.15) is 4.90 Å². The van der Waals surface area contributed by atoms with E-state index in [1.54, 1.807) is 0 Å². The van der Waals surface area contributed by atoms with Gasteiger partial charge in [0.2, 0.25) is 0 Å². The maximum atomic E-state index is 11.6. The van der Waals surface area contributed by atoms with Gasteiger partial charge < -0.3 is 9.47 Å². The first-order chi connectivity index (χ1) is 10.3. The third kappa shape index (κ3) is 4.10. The largest absolute Gasteiger partial charge is 0.465 e. The molecule has 0 unspecified atom stereocenters. The second kappa shape index (κ2) is 7.41. The van der Waals surface area contributed by atoms with Crippen molar-refractivity contribution >= 4 is 62.4 Å². The molecular formula is C14H12NaO7S. The molecule has 2 aromatic carbocycles. The van der Waals surface area contributed by atoms with Crippen LogP contribution < -0.4 is 0 Å². The molecule has 0 aliphatic rings. The first-order valence-corrected chi connectivity index (χ1v) is 7.44. The molecule has 117 valence electrons. The maximum Gasteiger partial charge on any atom is 0.337 e. The summed E-state index contributed by atoms with van der Waals surface area (Å²) in [5.41, 5.74) is 0.0826. The van der Waals surface area contributed by atoms with Gasteiger partial charge in [0.25, 0.3) is 10.1 Å². The van der Waals surface area contributed by atoms with Crippen molar-refractivity contribution in [1.29, 1.82) is 0 Å². The Labute approximate surface area is 154 Å². The SMILES string of the molecule is COC(=O)c1cc(S(=O)(=O)O)c2cc(C(=O)OC)ccc2c1.[Na]. The van der Waals surface area contributed by atoms with Crippen molar-refractivity contribution in [2.45, 2.75) is 4.90 Å². The molecule has 1 N–H and O–H groups in total. The normalized spacial score (nSPS) is 10.7. The average Bonchev–Trinajstić information content (AvgIpc) is 2.50. The first kappa shape index (κ1) is 19.6. The molecule has 0 aliphatic heterocycles. The molecule has 0 atom stereocenters. The summed E-state index contributed by atoms with van der Waals surface area (Å²) < 4.78 is 41.6. The van der Waals surface area contributed by atoms with Gasteiger partial charge in [0.15, 0.2) is 0 Å². The zero-order valence-electron chi connectivity index (χ0n) is 12.7. The van der Waals surface area contributed by atoms with Crippen LogP contribution in [0.1, 0.15) is 20.7 Å². The number of fused-ring (bicyclic) bond motifs is 1. The number of benzene rings is 2. The molecular weight excluding hydrogens is 335 g/mol. The number of rotatable bonds is 3. The number of ether oxygens (including phenoxy) is 2. The fourth-order valence-corrected chi connectivity index (χ4v) is 2.75. The van der Waals surface area contributed by atoms with E-state index in [-0.39, 0.29) is 46.1 Å². The number of hydrogen-bond donors (Lipinski definition) is 1. The fourth-order valence-electron chi connectivity index (χ4n) is 2.02. The summed E-state index contributed by atoms with van der Waals surface area (Å²) in [6.07, 6.45) is 0. The molecule has 0 saturated heterocycles. The smallest absolute Gasteiger partial charge is 0.337 e. The minimum Gasteiger partial charge on any atom is -0.465 e. The van der Waals surface area contributed by atoms with Crippen molar-refractivity contribution < 1.29 is 32.0 Å². The summed E-state index contributed by atoms with van der Waals surface area (Å²) in [5.74, 6) is -1.40. The molecule has 0 amide bonds. The van der Waals surface area contributed by atoms with Crippen LogP contribution in [0.3, 0.4) is 0 Å². The Morgan fingerprint density at radius 1 is 0.957 bits per heavy atom. The Morgan fingerprint density at radius 2 is 1.52 bits per heavy atom. The van der Waals surface area contributed by atoms with Gasteiger partial charge in [-0.15, -0.1) is 0 Å². The van der Waals surface area contributed by atoms with Crippen molar-refractivity contribution in [3.8, 4) is 0 Å². The Bertz CT molecular complexity index is 874. The zero-order chi connectivity index (χ0) is 16.5. The molecule has 0 bridgehead atoms. The topological polar surface area (TPSA) is 107 Å². The Morgan fingerprint density at radius 3 is 2.04 bits per heavy atom. The molecule has 0 aromatic heterocycles. The predicted molar refractivity (Wildman–Crippen MR) is 82.2 cm³/mol. The third-order valence-corrected chi connectivity index (χ3v) is 3.93. The van der Waals surface area contributed by atoms with Crippen LogP contribution in [-0.2, 0) is 19.6 Å². The molecule has 23 heavy (non-hydrogen) atoms. The molecule has 0 heterocycles. The van der Waals surface area contributed by atoms with E-state index in [0.717, 1.165) is 13.2 Å². The van der Waals surface area contributed by atoms with E-state index in [1.165, 1.54) is 31.4 Å². The standard InChI is InChI=1S/C14H12O7S.Na/c1-20-13(15)9-4-3-8-5-10(14(16)21-2)7-12(11(8)6-9)22(17,18)19;/h3-7H,1-2H3,(H,17,18,19);. The van der Waals surface area contributed by atoms with Crippen LogP contribution in [-0.4, -0.2) is 68.7 Å². The van der Waals surface area contributed by atoms with E-state index < -0.39 is 27.0 Å². The molecule has 0 fully saturated rings. The van der Waals surface area contributed by atoms with Gasteiger partial charge in [-0.25, -0.2) is 9.59 Å². The molecule has 7 nitrogen and oxygen atoms in total. The minimum absolute atomic E-state index is 0. The first-order valence-electron chi connectivity index (χ1n) is 6.00. The van der Waals surface area contributed by atoms with Crippen LogP contribution in [0.2, 0.25) is 0 Å². The number of methoxy groups -OCH3 is 2. The number of carbonyl (C=O) groups is 2. The summed E-state index contributed by atoms with van der Waals surface area (Å²) in [4.78, 5) is 22.6. The fraction of sp³-hybridized carbons (Fsp3) is 0.143. The molecule has 0 spiro atoms. The number of carbonyl (C=O) groups excluding carboxylic acids is 2. The van der Waals surface area contributed by atoms with Crippen LogP contribution in [0.5, 0.6) is 0 Å². The van der Waals surface area contributed by atoms with Gasteiger partial charge in [-0.2, -0.15) is 8.42 Å². The van der Waals surface area contributed by atoms with Gasteiger partial charge in [0, 0.05) is 34.9 Å². The van der Waals surface area contributed by atoms with Crippen molar-refractivity contribution in [1.82, 2.24) is 0 Å². The van der Waals surface area contributed by atoms with Crippen LogP contribution in [0.15, 0.2) is 35.2 Å². The van der Waals surface area contributed by atoms with Crippen molar-refractivity contribution in [3.63, 3.8) is 0 Å². The quantitative estimate of drug-likeness (QED) is 0.506. The summed E-state index contributed by atoms with van der Waals surface area (Å²) in [6, 6.07) is 6.53. The minimum atomic E-state index is -4.60. The Hall–Kier alpha value is -1.45. The second-order valence-electron chi connectivity index (χ2n) is 4.37. The van der Waals surface area contributed by atoms with Crippen LogP contribution in [0.25, 0.3) is 10.8 Å². The van der Waals surface area contributed by atoms with Gasteiger partial charge in [-0.05, 0) is 29.7 Å². The van der Waals surface area contributed by atoms with Crippen LogP contribution in [0, 0.1) is 0 Å². The second-order valence-corrected chi connectivity index (χ2v) is 5.76. The van der Waals surface area contributed by atoms with E-state index in [0.29, 0.717) is 5.39 Å². The van der Waals surface area contributed by atoms with Gasteiger partial charge >= 0.3 is 11.9 Å². The third-order valence-electron chi connectivity index (χ3n) is 3.04. The van der Waals surface area contributed by atoms with Crippen LogP contribution in [0.4, 0.5) is 0 Å². The molecule has 1 radical (unpaired) electrons. The maximum absolute atomic E-state index is 11.6.